The summed E-state index contributed by atoms with van der Waals surface area (Å²) in [4.78, 5) is 31.7. The van der Waals surface area contributed by atoms with Crippen LogP contribution in [0.25, 0.3) is 5.70 Å². The predicted molar refractivity (Wildman–Crippen MR) is 160 cm³/mol. The molecule has 0 saturated carbocycles. The van der Waals surface area contributed by atoms with Gasteiger partial charge < -0.3 is 15.4 Å². The summed E-state index contributed by atoms with van der Waals surface area (Å²) in [5, 5.41) is 7.63. The number of anilines is 1. The van der Waals surface area contributed by atoms with E-state index in [1.54, 1.807) is 67.9 Å². The Morgan fingerprint density at radius 2 is 1.80 bits per heavy atom. The SMILES string of the molecule is COc1ccc2c(c1)/C(=C/C(=O)c1ccc(NC(=O)c3cccnc3Sc3ccc(Cl)cc3)cc1)NC(C)(C)C2. The third-order valence-corrected chi connectivity index (χ3v) is 7.74. The average Bonchev–Trinajstić information content (AvgIpc) is 2.94. The first-order valence-electron chi connectivity index (χ1n) is 12.7. The molecule has 0 saturated heterocycles. The average molecular weight is 570 g/mol. The number of fused-ring (bicyclic) bond motifs is 1. The van der Waals surface area contributed by atoms with E-state index in [1.807, 2.05) is 30.3 Å². The zero-order valence-electron chi connectivity index (χ0n) is 22.3. The van der Waals surface area contributed by atoms with E-state index < -0.39 is 0 Å². The quantitative estimate of drug-likeness (QED) is 0.180. The fraction of sp³-hybridized carbons (Fsp3) is 0.156. The molecule has 2 N–H and O–H groups in total. The van der Waals surface area contributed by atoms with E-state index in [0.717, 1.165) is 33.9 Å². The minimum absolute atomic E-state index is 0.138. The minimum Gasteiger partial charge on any atom is -0.497 e. The Balaban J connectivity index is 1.32. The molecule has 0 fully saturated rings. The Morgan fingerprint density at radius 3 is 2.52 bits per heavy atom. The second-order valence-corrected chi connectivity index (χ2v) is 11.6. The van der Waals surface area contributed by atoms with Crippen LogP contribution in [-0.4, -0.2) is 29.3 Å². The van der Waals surface area contributed by atoms with Crippen molar-refractivity contribution in [3.63, 3.8) is 0 Å². The number of allylic oxidation sites excluding steroid dienone is 1. The highest BCUT2D eigenvalue weighted by Gasteiger charge is 2.28. The van der Waals surface area contributed by atoms with Gasteiger partial charge in [0.25, 0.3) is 5.91 Å². The van der Waals surface area contributed by atoms with Crippen LogP contribution < -0.4 is 15.4 Å². The van der Waals surface area contributed by atoms with Crippen LogP contribution in [0.4, 0.5) is 5.69 Å². The van der Waals surface area contributed by atoms with Crippen molar-refractivity contribution in [2.24, 2.45) is 0 Å². The van der Waals surface area contributed by atoms with Crippen LogP contribution in [0, 0.1) is 0 Å². The van der Waals surface area contributed by atoms with Gasteiger partial charge in [-0.15, -0.1) is 0 Å². The Kier molecular flexibility index (Phi) is 7.96. The molecule has 2 heterocycles. The molecule has 40 heavy (non-hydrogen) atoms. The largest absolute Gasteiger partial charge is 0.497 e. The van der Waals surface area contributed by atoms with E-state index >= 15 is 0 Å². The molecule has 1 aliphatic rings. The van der Waals surface area contributed by atoms with Gasteiger partial charge in [-0.05, 0) is 98.6 Å². The van der Waals surface area contributed by atoms with Crippen molar-refractivity contribution < 1.29 is 14.3 Å². The highest BCUT2D eigenvalue weighted by atomic mass is 35.5. The third-order valence-electron chi connectivity index (χ3n) is 6.46. The van der Waals surface area contributed by atoms with Crippen LogP contribution in [0.3, 0.4) is 0 Å². The smallest absolute Gasteiger partial charge is 0.258 e. The van der Waals surface area contributed by atoms with Gasteiger partial charge in [-0.2, -0.15) is 0 Å². The number of methoxy groups -OCH3 is 1. The lowest BCUT2D eigenvalue weighted by Crippen LogP contribution is -2.43. The van der Waals surface area contributed by atoms with Crippen molar-refractivity contribution in [3.05, 3.63) is 118 Å². The van der Waals surface area contributed by atoms with Gasteiger partial charge >= 0.3 is 0 Å². The van der Waals surface area contributed by atoms with Crippen molar-refractivity contribution in [2.75, 3.05) is 12.4 Å². The number of nitrogens with one attached hydrogen (secondary N) is 2. The van der Waals surface area contributed by atoms with Crippen LogP contribution in [-0.2, 0) is 6.42 Å². The van der Waals surface area contributed by atoms with Gasteiger partial charge in [-0.25, -0.2) is 4.98 Å². The standard InChI is InChI=1S/C32H28ClN3O3S/c1-32(2)19-21-8-13-24(39-3)17-27(21)28(36-32)18-29(37)20-6-11-23(12-7-20)35-30(38)26-5-4-16-34-31(26)40-25-14-9-22(33)10-15-25/h4-18,36H,19H2,1-3H3,(H,35,38)/b28-18-. The predicted octanol–water partition coefficient (Wildman–Crippen LogP) is 7.30. The molecule has 1 aromatic heterocycles. The number of hydrogen-bond donors (Lipinski definition) is 2. The minimum atomic E-state index is -0.287. The Hall–Kier alpha value is -4.07. The maximum Gasteiger partial charge on any atom is 0.258 e. The molecule has 202 valence electrons. The zero-order chi connectivity index (χ0) is 28.3. The van der Waals surface area contributed by atoms with Crippen LogP contribution in [0.2, 0.25) is 5.02 Å². The van der Waals surface area contributed by atoms with E-state index in [4.69, 9.17) is 16.3 Å². The number of benzene rings is 3. The lowest BCUT2D eigenvalue weighted by atomic mass is 9.85. The number of ketones is 1. The zero-order valence-corrected chi connectivity index (χ0v) is 23.9. The molecule has 0 atom stereocenters. The van der Waals surface area contributed by atoms with Gasteiger partial charge in [0.15, 0.2) is 5.78 Å². The number of ether oxygens (including phenoxy) is 1. The van der Waals surface area contributed by atoms with E-state index in [9.17, 15) is 9.59 Å². The summed E-state index contributed by atoms with van der Waals surface area (Å²) in [5.41, 5.74) is 4.22. The summed E-state index contributed by atoms with van der Waals surface area (Å²) in [7, 11) is 1.63. The molecule has 1 amide bonds. The van der Waals surface area contributed by atoms with Gasteiger partial charge in [0.1, 0.15) is 10.8 Å². The fourth-order valence-electron chi connectivity index (χ4n) is 4.54. The molecule has 0 aliphatic carbocycles. The first-order chi connectivity index (χ1) is 19.2. The fourth-order valence-corrected chi connectivity index (χ4v) is 5.55. The number of aromatic nitrogens is 1. The van der Waals surface area contributed by atoms with Gasteiger partial charge in [0, 0.05) is 50.2 Å². The molecule has 0 spiro atoms. The maximum atomic E-state index is 13.2. The number of rotatable bonds is 7. The summed E-state index contributed by atoms with van der Waals surface area (Å²) in [6, 6.07) is 23.6. The van der Waals surface area contributed by atoms with Crippen molar-refractivity contribution in [1.29, 1.82) is 0 Å². The van der Waals surface area contributed by atoms with Gasteiger partial charge in [-0.1, -0.05) is 29.4 Å². The summed E-state index contributed by atoms with van der Waals surface area (Å²) in [5.74, 6) is 0.313. The molecule has 8 heteroatoms. The monoisotopic (exact) mass is 569 g/mol. The Bertz CT molecular complexity index is 1600. The summed E-state index contributed by atoms with van der Waals surface area (Å²) in [6.07, 6.45) is 4.12. The maximum absolute atomic E-state index is 13.2. The molecule has 1 aliphatic heterocycles. The van der Waals surface area contributed by atoms with Crippen molar-refractivity contribution >= 4 is 46.4 Å². The number of amides is 1. The van der Waals surface area contributed by atoms with Crippen molar-refractivity contribution in [2.45, 2.75) is 35.7 Å². The number of halogens is 1. The molecule has 4 aromatic rings. The molecule has 0 unspecified atom stereocenters. The second kappa shape index (κ2) is 11.6. The van der Waals surface area contributed by atoms with Gasteiger partial charge in [0.05, 0.1) is 12.7 Å². The highest BCUT2D eigenvalue weighted by Crippen LogP contribution is 2.33. The van der Waals surface area contributed by atoms with Crippen LogP contribution >= 0.6 is 23.4 Å². The Morgan fingerprint density at radius 1 is 1.05 bits per heavy atom. The molecular formula is C32H28ClN3O3S. The van der Waals surface area contributed by atoms with E-state index in [0.29, 0.717) is 26.9 Å². The number of nitrogens with zero attached hydrogens (tertiary/aromatic N) is 1. The summed E-state index contributed by atoms with van der Waals surface area (Å²) >= 11 is 7.37. The molecule has 0 radical (unpaired) electrons. The van der Waals surface area contributed by atoms with Crippen LogP contribution in [0.15, 0.2) is 101 Å². The number of carbonyl (C=O) groups excluding carboxylic acids is 2. The van der Waals surface area contributed by atoms with Crippen LogP contribution in [0.1, 0.15) is 45.7 Å². The topological polar surface area (TPSA) is 80.3 Å². The van der Waals surface area contributed by atoms with Gasteiger partial charge in [-0.3, -0.25) is 9.59 Å². The van der Waals surface area contributed by atoms with E-state index in [-0.39, 0.29) is 17.2 Å². The van der Waals surface area contributed by atoms with Crippen molar-refractivity contribution in [1.82, 2.24) is 10.3 Å². The first kappa shape index (κ1) is 27.5. The lowest BCUT2D eigenvalue weighted by molar-refractivity contribution is 0.102. The molecule has 0 bridgehead atoms. The molecule has 3 aromatic carbocycles. The summed E-state index contributed by atoms with van der Waals surface area (Å²) < 4.78 is 5.40. The number of carbonyl (C=O) groups is 2. The first-order valence-corrected chi connectivity index (χ1v) is 13.9. The number of hydrogen-bond acceptors (Lipinski definition) is 6. The van der Waals surface area contributed by atoms with E-state index in [2.05, 4.69) is 29.5 Å². The number of pyridine rings is 1. The Labute approximate surface area is 242 Å². The molecular weight excluding hydrogens is 542 g/mol. The van der Waals surface area contributed by atoms with Crippen molar-refractivity contribution in [3.8, 4) is 5.75 Å². The molecule has 5 rings (SSSR count). The lowest BCUT2D eigenvalue weighted by Gasteiger charge is -2.35. The second-order valence-electron chi connectivity index (χ2n) is 10.1. The normalized spacial score (nSPS) is 14.7. The van der Waals surface area contributed by atoms with Crippen LogP contribution in [0.5, 0.6) is 5.75 Å². The summed E-state index contributed by atoms with van der Waals surface area (Å²) in [6.45, 7) is 4.22. The van der Waals surface area contributed by atoms with Gasteiger partial charge in [0.2, 0.25) is 0 Å². The molecule has 6 nitrogen and oxygen atoms in total. The third kappa shape index (κ3) is 6.38. The van der Waals surface area contributed by atoms with E-state index in [1.165, 1.54) is 11.8 Å². The highest BCUT2D eigenvalue weighted by molar-refractivity contribution is 7.99.